The Morgan fingerprint density at radius 3 is 2.50 bits per heavy atom. The van der Waals surface area contributed by atoms with E-state index in [1.54, 1.807) is 17.8 Å². The first-order valence-electron chi connectivity index (χ1n) is 12.7. The number of hydrogen-bond acceptors (Lipinski definition) is 6. The molecule has 2 aromatic carbocycles. The highest BCUT2D eigenvalue weighted by Gasteiger charge is 2.32. The Morgan fingerprint density at radius 1 is 1.24 bits per heavy atom. The minimum absolute atomic E-state index is 0.121. The summed E-state index contributed by atoms with van der Waals surface area (Å²) >= 11 is 3.43. The molecular weight excluding hydrogens is 572 g/mol. The number of carbonyl (C=O) groups is 2. The number of fused-ring (bicyclic) bond motifs is 1. The van der Waals surface area contributed by atoms with Crippen LogP contribution in [0.2, 0.25) is 0 Å². The van der Waals surface area contributed by atoms with Crippen LogP contribution in [0.25, 0.3) is 16.6 Å². The summed E-state index contributed by atoms with van der Waals surface area (Å²) < 4.78 is 35.1. The van der Waals surface area contributed by atoms with Crippen LogP contribution in [0.1, 0.15) is 67.9 Å². The van der Waals surface area contributed by atoms with Crippen LogP contribution in [0.4, 0.5) is 5.69 Å². The molecule has 204 valence electrons. The summed E-state index contributed by atoms with van der Waals surface area (Å²) in [4.78, 5) is 25.2. The average molecular weight is 606 g/mol. The van der Waals surface area contributed by atoms with Crippen LogP contribution in [0.15, 0.2) is 40.9 Å². The normalized spacial score (nSPS) is 14.3. The van der Waals surface area contributed by atoms with E-state index in [1.807, 2.05) is 44.2 Å². The topological polar surface area (TPSA) is 111 Å². The first-order chi connectivity index (χ1) is 18.0. The molecule has 1 heterocycles. The van der Waals surface area contributed by atoms with Crippen molar-refractivity contribution in [1.82, 2.24) is 15.1 Å². The molecule has 0 spiro atoms. The second-order valence-electron chi connectivity index (χ2n) is 9.67. The zero-order chi connectivity index (χ0) is 27.6. The molecule has 11 heteroatoms. The van der Waals surface area contributed by atoms with Crippen LogP contribution in [0.3, 0.4) is 0 Å². The van der Waals surface area contributed by atoms with Gasteiger partial charge in [0.05, 0.1) is 29.3 Å². The lowest BCUT2D eigenvalue weighted by molar-refractivity contribution is -0.148. The van der Waals surface area contributed by atoms with E-state index in [1.165, 1.54) is 10.6 Å². The van der Waals surface area contributed by atoms with Crippen LogP contribution in [0.5, 0.6) is 0 Å². The zero-order valence-corrected chi connectivity index (χ0v) is 24.4. The summed E-state index contributed by atoms with van der Waals surface area (Å²) in [6.07, 6.45) is 4.03. The molecule has 1 aliphatic rings. The third-order valence-corrected chi connectivity index (χ3v) is 8.38. The molecule has 1 saturated carbocycles. The Bertz CT molecular complexity index is 1450. The highest BCUT2D eigenvalue weighted by Crippen LogP contribution is 2.46. The lowest BCUT2D eigenvalue weighted by atomic mass is 10.0. The molecule has 3 aromatic rings. The molecule has 1 aromatic heterocycles. The number of carbonyl (C=O) groups excluding carboxylic acids is 2. The summed E-state index contributed by atoms with van der Waals surface area (Å²) in [6.45, 7) is 3.90. The van der Waals surface area contributed by atoms with Crippen molar-refractivity contribution in [3.63, 3.8) is 0 Å². The van der Waals surface area contributed by atoms with Gasteiger partial charge in [-0.15, -0.1) is 0 Å². The molecule has 9 nitrogen and oxygen atoms in total. The quantitative estimate of drug-likeness (QED) is 0.311. The molecule has 0 saturated heterocycles. The lowest BCUT2D eigenvalue weighted by Gasteiger charge is -2.25. The van der Waals surface area contributed by atoms with Crippen LogP contribution in [0, 0.1) is 0 Å². The molecule has 0 aliphatic heterocycles. The van der Waals surface area contributed by atoms with Crippen molar-refractivity contribution in [3.05, 3.63) is 52.1 Å². The fourth-order valence-electron chi connectivity index (χ4n) is 4.38. The van der Waals surface area contributed by atoms with Gasteiger partial charge in [-0.3, -0.25) is 13.9 Å². The van der Waals surface area contributed by atoms with Crippen molar-refractivity contribution in [2.24, 2.45) is 0 Å². The van der Waals surface area contributed by atoms with Crippen molar-refractivity contribution in [2.75, 3.05) is 24.2 Å². The molecule has 1 amide bonds. The van der Waals surface area contributed by atoms with Crippen LogP contribution in [-0.2, 0) is 19.6 Å². The van der Waals surface area contributed by atoms with Crippen molar-refractivity contribution >= 4 is 54.4 Å². The number of anilines is 1. The SMILES string of the molecule is CCC(C)OC(=O)CCCN(c1cc2nn(-c3ccc(Br)cc3)c(C(=O)NC)c2cc1C1CC1)S(C)(=O)=O. The lowest BCUT2D eigenvalue weighted by Crippen LogP contribution is -2.32. The minimum atomic E-state index is -3.66. The van der Waals surface area contributed by atoms with E-state index in [9.17, 15) is 18.0 Å². The number of sulfonamides is 1. The predicted octanol–water partition coefficient (Wildman–Crippen LogP) is 4.91. The van der Waals surface area contributed by atoms with Crippen LogP contribution in [-0.4, -0.2) is 56.0 Å². The van der Waals surface area contributed by atoms with Crippen LogP contribution < -0.4 is 9.62 Å². The van der Waals surface area contributed by atoms with E-state index in [4.69, 9.17) is 9.84 Å². The average Bonchev–Trinajstić information content (AvgIpc) is 3.65. The summed E-state index contributed by atoms with van der Waals surface area (Å²) in [6, 6.07) is 11.1. The summed E-state index contributed by atoms with van der Waals surface area (Å²) in [5.41, 5.74) is 3.01. The van der Waals surface area contributed by atoms with Crippen molar-refractivity contribution in [2.45, 2.75) is 58.0 Å². The zero-order valence-electron chi connectivity index (χ0n) is 22.0. The van der Waals surface area contributed by atoms with Gasteiger partial charge in [-0.2, -0.15) is 5.10 Å². The molecule has 4 rings (SSSR count). The third-order valence-electron chi connectivity index (χ3n) is 6.67. The van der Waals surface area contributed by atoms with Gasteiger partial charge >= 0.3 is 5.97 Å². The number of nitrogens with one attached hydrogen (secondary N) is 1. The Morgan fingerprint density at radius 2 is 1.92 bits per heavy atom. The Labute approximate surface area is 231 Å². The molecule has 1 aliphatic carbocycles. The molecule has 1 unspecified atom stereocenters. The van der Waals surface area contributed by atoms with E-state index in [0.29, 0.717) is 34.4 Å². The number of amides is 1. The van der Waals surface area contributed by atoms with Gasteiger partial charge in [-0.1, -0.05) is 22.9 Å². The number of hydrogen-bond donors (Lipinski definition) is 1. The first kappa shape index (κ1) is 28.1. The van der Waals surface area contributed by atoms with Gasteiger partial charge in [0.1, 0.15) is 5.69 Å². The Hall–Kier alpha value is -2.92. The smallest absolute Gasteiger partial charge is 0.306 e. The van der Waals surface area contributed by atoms with Gasteiger partial charge in [-0.25, -0.2) is 13.1 Å². The van der Waals surface area contributed by atoms with Gasteiger partial charge in [0.2, 0.25) is 10.0 Å². The highest BCUT2D eigenvalue weighted by atomic mass is 79.9. The first-order valence-corrected chi connectivity index (χ1v) is 15.4. The van der Waals surface area contributed by atoms with Gasteiger partial charge in [0, 0.05) is 29.9 Å². The fraction of sp³-hybridized carbons (Fsp3) is 0.444. The molecule has 38 heavy (non-hydrogen) atoms. The molecule has 1 atom stereocenters. The minimum Gasteiger partial charge on any atom is -0.463 e. The van der Waals surface area contributed by atoms with Gasteiger partial charge in [0.25, 0.3) is 5.91 Å². The molecular formula is C27H33BrN4O5S. The fourth-order valence-corrected chi connectivity index (χ4v) is 5.62. The molecule has 0 bridgehead atoms. The predicted molar refractivity (Wildman–Crippen MR) is 151 cm³/mol. The molecule has 1 N–H and O–H groups in total. The van der Waals surface area contributed by atoms with E-state index in [2.05, 4.69) is 21.2 Å². The summed E-state index contributed by atoms with van der Waals surface area (Å²) in [5, 5.41) is 8.08. The Kier molecular flexibility index (Phi) is 8.46. The van der Waals surface area contributed by atoms with E-state index < -0.39 is 10.0 Å². The number of benzene rings is 2. The summed E-state index contributed by atoms with van der Waals surface area (Å²) in [7, 11) is -2.09. The van der Waals surface area contributed by atoms with E-state index >= 15 is 0 Å². The van der Waals surface area contributed by atoms with E-state index in [0.717, 1.165) is 29.3 Å². The van der Waals surface area contributed by atoms with Gasteiger partial charge in [0.15, 0.2) is 0 Å². The number of aromatic nitrogens is 2. The second-order valence-corrected chi connectivity index (χ2v) is 12.5. The van der Waals surface area contributed by atoms with E-state index in [-0.39, 0.29) is 36.9 Å². The monoisotopic (exact) mass is 604 g/mol. The van der Waals surface area contributed by atoms with Gasteiger partial charge in [-0.05, 0) is 80.5 Å². The number of esters is 1. The maximum Gasteiger partial charge on any atom is 0.306 e. The van der Waals surface area contributed by atoms with Crippen molar-refractivity contribution in [1.29, 1.82) is 0 Å². The number of halogens is 1. The molecule has 0 radical (unpaired) electrons. The number of rotatable bonds is 11. The highest BCUT2D eigenvalue weighted by molar-refractivity contribution is 9.10. The second kappa shape index (κ2) is 11.4. The third kappa shape index (κ3) is 6.20. The number of ether oxygens (including phenoxy) is 1. The van der Waals surface area contributed by atoms with Crippen molar-refractivity contribution < 1.29 is 22.7 Å². The van der Waals surface area contributed by atoms with Crippen LogP contribution >= 0.6 is 15.9 Å². The maximum atomic E-state index is 13.0. The number of nitrogens with zero attached hydrogens (tertiary/aromatic N) is 3. The Balaban J connectivity index is 1.77. The largest absolute Gasteiger partial charge is 0.463 e. The van der Waals surface area contributed by atoms with Gasteiger partial charge < -0.3 is 10.1 Å². The standard InChI is InChI=1S/C27H33BrN4O5S/c1-5-17(2)37-25(33)7-6-14-31(38(4,35)36)24-16-23-22(15-21(24)18-8-9-18)26(27(34)29-3)32(30-23)20-12-10-19(28)11-13-20/h10-13,15-18H,5-9,14H2,1-4H3,(H,29,34). The summed E-state index contributed by atoms with van der Waals surface area (Å²) in [5.74, 6) is -0.429. The molecule has 1 fully saturated rings. The van der Waals surface area contributed by atoms with Crippen molar-refractivity contribution in [3.8, 4) is 5.69 Å². The maximum absolute atomic E-state index is 13.0.